The Bertz CT molecular complexity index is 1450. The maximum absolute atomic E-state index is 14.0. The minimum Gasteiger partial charge on any atom is -0.338 e. The van der Waals surface area contributed by atoms with Gasteiger partial charge in [-0.2, -0.15) is 0 Å². The molecule has 1 saturated heterocycles. The molecule has 0 aliphatic carbocycles. The molecule has 0 N–H and O–H groups in total. The van der Waals surface area contributed by atoms with Gasteiger partial charge in [0, 0.05) is 37.1 Å². The van der Waals surface area contributed by atoms with Gasteiger partial charge in [0.25, 0.3) is 0 Å². The summed E-state index contributed by atoms with van der Waals surface area (Å²) in [6, 6.07) is 31.0. The summed E-state index contributed by atoms with van der Waals surface area (Å²) in [6.07, 6.45) is 0.974. The highest BCUT2D eigenvalue weighted by molar-refractivity contribution is 7.10. The van der Waals surface area contributed by atoms with Crippen LogP contribution in [0.1, 0.15) is 51.6 Å². The molecule has 3 heterocycles. The van der Waals surface area contributed by atoms with Gasteiger partial charge < -0.3 is 9.80 Å². The number of fused-ring (bicyclic) bond motifs is 1. The fourth-order valence-electron chi connectivity index (χ4n) is 6.40. The van der Waals surface area contributed by atoms with Gasteiger partial charge in [-0.1, -0.05) is 90.5 Å². The van der Waals surface area contributed by atoms with Crippen molar-refractivity contribution in [1.29, 1.82) is 0 Å². The second kappa shape index (κ2) is 12.0. The third-order valence-corrected chi connectivity index (χ3v) is 9.57. The molecule has 2 unspecified atom stereocenters. The van der Waals surface area contributed by atoms with E-state index in [2.05, 4.69) is 54.5 Å². The molecule has 210 valence electrons. The van der Waals surface area contributed by atoms with Crippen molar-refractivity contribution >= 4 is 23.2 Å². The Morgan fingerprint density at radius 2 is 1.51 bits per heavy atom. The molecule has 4 aromatic rings. The average molecular weight is 564 g/mol. The lowest BCUT2D eigenvalue weighted by Gasteiger charge is -2.43. The summed E-state index contributed by atoms with van der Waals surface area (Å²) in [5.41, 5.74) is 5.79. The number of thiophene rings is 1. The molecule has 1 fully saturated rings. The standard InChI is InChI=1S/C35H37N3O2S/c1-25-13-15-29(16-14-25)34-30-18-22-41-31(30)17-19-37(34)24-32(39)36-20-21-38(26(2)23-36)35(40)33(27-9-5-3-6-10-27)28-11-7-4-8-12-28/h3-16,18,22,26,33-34H,17,19-21,23-24H2,1-2H3. The number of amides is 2. The number of nitrogens with zero attached hydrogens (tertiary/aromatic N) is 3. The monoisotopic (exact) mass is 563 g/mol. The minimum atomic E-state index is -0.356. The minimum absolute atomic E-state index is 0.0622. The Kier molecular flexibility index (Phi) is 8.04. The van der Waals surface area contributed by atoms with E-state index < -0.39 is 0 Å². The molecule has 2 aliphatic heterocycles. The summed E-state index contributed by atoms with van der Waals surface area (Å²) < 4.78 is 0. The van der Waals surface area contributed by atoms with Crippen molar-refractivity contribution in [2.24, 2.45) is 0 Å². The topological polar surface area (TPSA) is 43.9 Å². The molecule has 0 saturated carbocycles. The third-order valence-electron chi connectivity index (χ3n) is 8.57. The molecule has 6 rings (SSSR count). The number of aryl methyl sites for hydroxylation is 1. The fourth-order valence-corrected chi connectivity index (χ4v) is 7.30. The molecule has 2 atom stereocenters. The first kappa shape index (κ1) is 27.4. The van der Waals surface area contributed by atoms with Crippen LogP contribution >= 0.6 is 11.3 Å². The molecule has 0 spiro atoms. The zero-order valence-electron chi connectivity index (χ0n) is 23.8. The number of hydrogen-bond acceptors (Lipinski definition) is 4. The van der Waals surface area contributed by atoms with E-state index in [0.717, 1.165) is 24.1 Å². The summed E-state index contributed by atoms with van der Waals surface area (Å²) in [7, 11) is 0. The summed E-state index contributed by atoms with van der Waals surface area (Å²) in [4.78, 5) is 35.5. The first-order valence-corrected chi connectivity index (χ1v) is 15.4. The highest BCUT2D eigenvalue weighted by atomic mass is 32.1. The second-order valence-electron chi connectivity index (χ2n) is 11.3. The van der Waals surface area contributed by atoms with Gasteiger partial charge in [0.05, 0.1) is 18.5 Å². The van der Waals surface area contributed by atoms with E-state index in [0.29, 0.717) is 26.2 Å². The van der Waals surface area contributed by atoms with Gasteiger partial charge in [-0.3, -0.25) is 14.5 Å². The van der Waals surface area contributed by atoms with Gasteiger partial charge in [0.2, 0.25) is 11.8 Å². The number of benzene rings is 3. The van der Waals surface area contributed by atoms with Gasteiger partial charge in [-0.15, -0.1) is 11.3 Å². The van der Waals surface area contributed by atoms with Crippen LogP contribution in [0.5, 0.6) is 0 Å². The molecule has 1 aromatic heterocycles. The van der Waals surface area contributed by atoms with Crippen LogP contribution in [-0.4, -0.2) is 65.3 Å². The van der Waals surface area contributed by atoms with Crippen molar-refractivity contribution in [3.05, 3.63) is 129 Å². The van der Waals surface area contributed by atoms with Crippen LogP contribution < -0.4 is 0 Å². The quantitative estimate of drug-likeness (QED) is 0.294. The zero-order chi connectivity index (χ0) is 28.3. The Hall–Kier alpha value is -3.74. The largest absolute Gasteiger partial charge is 0.338 e. The number of piperazine rings is 1. The van der Waals surface area contributed by atoms with Crippen molar-refractivity contribution < 1.29 is 9.59 Å². The van der Waals surface area contributed by atoms with E-state index in [4.69, 9.17) is 0 Å². The predicted octanol–water partition coefficient (Wildman–Crippen LogP) is 5.90. The van der Waals surface area contributed by atoms with Gasteiger partial charge >= 0.3 is 0 Å². The van der Waals surface area contributed by atoms with Crippen molar-refractivity contribution in [3.8, 4) is 0 Å². The molecule has 0 radical (unpaired) electrons. The van der Waals surface area contributed by atoms with Crippen molar-refractivity contribution in [2.45, 2.75) is 38.3 Å². The van der Waals surface area contributed by atoms with Gasteiger partial charge in [0.15, 0.2) is 0 Å². The Labute approximate surface area is 247 Å². The Morgan fingerprint density at radius 1 is 0.854 bits per heavy atom. The highest BCUT2D eigenvalue weighted by Gasteiger charge is 2.36. The Balaban J connectivity index is 1.16. The van der Waals surface area contributed by atoms with E-state index >= 15 is 0 Å². The van der Waals surface area contributed by atoms with E-state index in [1.807, 2.05) is 81.8 Å². The number of carbonyl (C=O) groups excluding carboxylic acids is 2. The molecule has 0 bridgehead atoms. The number of carbonyl (C=O) groups is 2. The normalized spacial score (nSPS) is 19.3. The summed E-state index contributed by atoms with van der Waals surface area (Å²) >= 11 is 1.82. The van der Waals surface area contributed by atoms with E-state index in [9.17, 15) is 9.59 Å². The van der Waals surface area contributed by atoms with Crippen LogP contribution in [-0.2, 0) is 16.0 Å². The van der Waals surface area contributed by atoms with Crippen molar-refractivity contribution in [2.75, 3.05) is 32.7 Å². The van der Waals surface area contributed by atoms with Crippen LogP contribution in [0, 0.1) is 6.92 Å². The van der Waals surface area contributed by atoms with Crippen LogP contribution in [0.25, 0.3) is 0 Å². The molecular formula is C35H37N3O2S. The Morgan fingerprint density at radius 3 is 2.15 bits per heavy atom. The molecule has 2 amide bonds. The van der Waals surface area contributed by atoms with Crippen LogP contribution in [0.3, 0.4) is 0 Å². The van der Waals surface area contributed by atoms with Gasteiger partial charge in [-0.05, 0) is 54.0 Å². The van der Waals surface area contributed by atoms with E-state index in [1.165, 1.54) is 21.6 Å². The summed E-state index contributed by atoms with van der Waals surface area (Å²) in [5, 5.41) is 2.17. The van der Waals surface area contributed by atoms with Crippen LogP contribution in [0.4, 0.5) is 0 Å². The molecule has 6 heteroatoms. The van der Waals surface area contributed by atoms with Crippen molar-refractivity contribution in [3.63, 3.8) is 0 Å². The summed E-state index contributed by atoms with van der Waals surface area (Å²) in [5.74, 6) is -0.115. The second-order valence-corrected chi connectivity index (χ2v) is 12.3. The lowest BCUT2D eigenvalue weighted by atomic mass is 9.89. The first-order chi connectivity index (χ1) is 20.0. The number of hydrogen-bond donors (Lipinski definition) is 0. The zero-order valence-corrected chi connectivity index (χ0v) is 24.6. The maximum Gasteiger partial charge on any atom is 0.236 e. The van der Waals surface area contributed by atoms with Gasteiger partial charge in [0.1, 0.15) is 0 Å². The first-order valence-electron chi connectivity index (χ1n) is 14.5. The lowest BCUT2D eigenvalue weighted by Crippen LogP contribution is -2.58. The predicted molar refractivity (Wildman–Crippen MR) is 165 cm³/mol. The maximum atomic E-state index is 14.0. The lowest BCUT2D eigenvalue weighted by molar-refractivity contribution is -0.143. The summed E-state index contributed by atoms with van der Waals surface area (Å²) in [6.45, 7) is 7.06. The number of rotatable bonds is 6. The van der Waals surface area contributed by atoms with Gasteiger partial charge in [-0.25, -0.2) is 0 Å². The third kappa shape index (κ3) is 5.72. The highest BCUT2D eigenvalue weighted by Crippen LogP contribution is 2.38. The molecule has 2 aliphatic rings. The fraction of sp³-hybridized carbons (Fsp3) is 0.314. The smallest absolute Gasteiger partial charge is 0.236 e. The molecular weight excluding hydrogens is 526 g/mol. The van der Waals surface area contributed by atoms with Crippen molar-refractivity contribution in [1.82, 2.24) is 14.7 Å². The van der Waals surface area contributed by atoms with E-state index in [-0.39, 0.29) is 29.8 Å². The molecule has 41 heavy (non-hydrogen) atoms. The molecule has 5 nitrogen and oxygen atoms in total. The average Bonchev–Trinajstić information content (AvgIpc) is 3.48. The van der Waals surface area contributed by atoms with E-state index in [1.54, 1.807) is 0 Å². The van der Waals surface area contributed by atoms with Crippen LogP contribution in [0.15, 0.2) is 96.4 Å². The SMILES string of the molecule is Cc1ccc(C2c3ccsc3CCN2CC(=O)N2CCN(C(=O)C(c3ccccc3)c3ccccc3)C(C)C2)cc1. The van der Waals surface area contributed by atoms with Crippen LogP contribution in [0.2, 0.25) is 0 Å². The molecule has 3 aromatic carbocycles.